The minimum Gasteiger partial charge on any atom is -0.370 e. The van der Waals surface area contributed by atoms with Gasteiger partial charge in [0.05, 0.1) is 5.92 Å². The van der Waals surface area contributed by atoms with Gasteiger partial charge in [0, 0.05) is 37.5 Å². The van der Waals surface area contributed by atoms with Gasteiger partial charge < -0.3 is 22.1 Å². The molecule has 3 rings (SSSR count). The Bertz CT molecular complexity index is 1090. The predicted octanol–water partition coefficient (Wildman–Crippen LogP) is 2.56. The lowest BCUT2D eigenvalue weighted by Crippen LogP contribution is -2.24. The van der Waals surface area contributed by atoms with E-state index in [1.54, 1.807) is 42.7 Å². The van der Waals surface area contributed by atoms with Gasteiger partial charge in [-0.15, -0.1) is 0 Å². The summed E-state index contributed by atoms with van der Waals surface area (Å²) >= 11 is 0. The van der Waals surface area contributed by atoms with Crippen LogP contribution >= 0.6 is 0 Å². The summed E-state index contributed by atoms with van der Waals surface area (Å²) in [6, 6.07) is 13.5. The van der Waals surface area contributed by atoms with E-state index in [9.17, 15) is 14.0 Å². The van der Waals surface area contributed by atoms with Crippen molar-refractivity contribution in [3.8, 4) is 0 Å². The van der Waals surface area contributed by atoms with Crippen LogP contribution in [0.25, 0.3) is 0 Å². The average Bonchev–Trinajstić information content (AvgIpc) is 2.78. The summed E-state index contributed by atoms with van der Waals surface area (Å²) in [5.74, 6) is -0.865. The topological polar surface area (TPSA) is 136 Å². The first-order valence-corrected chi connectivity index (χ1v) is 10.6. The number of benzene rings is 1. The third kappa shape index (κ3) is 6.99. The van der Waals surface area contributed by atoms with Crippen molar-refractivity contribution in [2.24, 2.45) is 11.5 Å². The molecule has 0 spiro atoms. The van der Waals surface area contributed by atoms with Gasteiger partial charge in [0.15, 0.2) is 0 Å². The second kappa shape index (κ2) is 11.6. The van der Waals surface area contributed by atoms with E-state index in [0.717, 1.165) is 5.56 Å². The Morgan fingerprint density at radius 2 is 1.88 bits per heavy atom. The molecule has 1 aromatic carbocycles. The molecule has 9 heteroatoms. The molecular weight excluding hydrogens is 423 g/mol. The van der Waals surface area contributed by atoms with Crippen LogP contribution in [0.1, 0.15) is 35.4 Å². The summed E-state index contributed by atoms with van der Waals surface area (Å²) in [6.45, 7) is 0.979. The first-order valence-electron chi connectivity index (χ1n) is 10.6. The van der Waals surface area contributed by atoms with Gasteiger partial charge in [-0.1, -0.05) is 24.3 Å². The van der Waals surface area contributed by atoms with E-state index in [0.29, 0.717) is 48.7 Å². The van der Waals surface area contributed by atoms with Crippen LogP contribution in [0.5, 0.6) is 0 Å². The molecular formula is C24H27FN6O2. The number of nitrogens with one attached hydrogen (secondary N) is 2. The third-order valence-corrected chi connectivity index (χ3v) is 5.04. The van der Waals surface area contributed by atoms with Crippen LogP contribution in [0.4, 0.5) is 16.0 Å². The smallest absolute Gasteiger partial charge is 0.229 e. The minimum atomic E-state index is -0.744. The van der Waals surface area contributed by atoms with E-state index in [1.165, 1.54) is 12.1 Å². The highest BCUT2D eigenvalue weighted by molar-refractivity contribution is 5.87. The molecule has 0 saturated carbocycles. The van der Waals surface area contributed by atoms with E-state index in [-0.39, 0.29) is 18.1 Å². The van der Waals surface area contributed by atoms with Crippen molar-refractivity contribution in [2.75, 3.05) is 23.7 Å². The van der Waals surface area contributed by atoms with Crippen LogP contribution in [0.3, 0.4) is 0 Å². The van der Waals surface area contributed by atoms with Gasteiger partial charge in [0.25, 0.3) is 0 Å². The van der Waals surface area contributed by atoms with Gasteiger partial charge in [-0.25, -0.2) is 9.37 Å². The van der Waals surface area contributed by atoms with Crippen LogP contribution < -0.4 is 22.1 Å². The Hall–Kier alpha value is -4.01. The predicted molar refractivity (Wildman–Crippen MR) is 125 cm³/mol. The summed E-state index contributed by atoms with van der Waals surface area (Å²) < 4.78 is 13.5. The molecule has 2 amide bonds. The second-order valence-corrected chi connectivity index (χ2v) is 7.56. The maximum absolute atomic E-state index is 13.5. The number of anilines is 2. The molecule has 6 N–H and O–H groups in total. The summed E-state index contributed by atoms with van der Waals surface area (Å²) in [4.78, 5) is 32.0. The number of hydrogen-bond acceptors (Lipinski definition) is 6. The average molecular weight is 451 g/mol. The number of carbonyl (C=O) groups is 2. The Morgan fingerprint density at radius 3 is 2.58 bits per heavy atom. The SMILES string of the molecule is NC(=O)CCCNc1ccc(C(C(N)=O)c2cccnc2)c(NCCc2cccc(F)c2)n1. The van der Waals surface area contributed by atoms with Gasteiger partial charge >= 0.3 is 0 Å². The largest absolute Gasteiger partial charge is 0.370 e. The molecule has 0 aliphatic rings. The van der Waals surface area contributed by atoms with Crippen molar-refractivity contribution in [3.05, 3.63) is 83.4 Å². The Kier molecular flexibility index (Phi) is 8.29. The molecule has 0 aliphatic carbocycles. The number of nitrogens with two attached hydrogens (primary N) is 2. The minimum absolute atomic E-state index is 0.272. The fraction of sp³-hybridized carbons (Fsp3) is 0.250. The van der Waals surface area contributed by atoms with Crippen LogP contribution in [0, 0.1) is 5.82 Å². The lowest BCUT2D eigenvalue weighted by Gasteiger charge is -2.19. The Balaban J connectivity index is 1.83. The zero-order chi connectivity index (χ0) is 23.6. The number of amides is 2. The molecule has 8 nitrogen and oxygen atoms in total. The standard InChI is InChI=1S/C24H27FN6O2/c25-18-6-1-4-16(14-18)10-13-30-24-19(22(23(27)33)17-5-2-11-28-15-17)8-9-21(31-24)29-12-3-7-20(26)32/h1-2,4-6,8-9,11,14-15,22H,3,7,10,12-13H2,(H2,26,32)(H2,27,33)(H2,29,30,31). The van der Waals surface area contributed by atoms with Crippen molar-refractivity contribution >= 4 is 23.5 Å². The first kappa shape index (κ1) is 23.6. The molecule has 2 heterocycles. The molecule has 2 aromatic heterocycles. The number of nitrogens with zero attached hydrogens (tertiary/aromatic N) is 2. The number of primary amides is 2. The van der Waals surface area contributed by atoms with Crippen molar-refractivity contribution in [1.29, 1.82) is 0 Å². The second-order valence-electron chi connectivity index (χ2n) is 7.56. The summed E-state index contributed by atoms with van der Waals surface area (Å²) in [7, 11) is 0. The van der Waals surface area contributed by atoms with Crippen LogP contribution in [0.2, 0.25) is 0 Å². The maximum Gasteiger partial charge on any atom is 0.229 e. The van der Waals surface area contributed by atoms with E-state index in [2.05, 4.69) is 20.6 Å². The van der Waals surface area contributed by atoms with E-state index < -0.39 is 11.8 Å². The van der Waals surface area contributed by atoms with Gasteiger partial charge in [-0.3, -0.25) is 14.6 Å². The summed E-state index contributed by atoms with van der Waals surface area (Å²) in [6.07, 6.45) is 4.62. The van der Waals surface area contributed by atoms with Gasteiger partial charge in [-0.2, -0.15) is 0 Å². The van der Waals surface area contributed by atoms with Crippen molar-refractivity contribution < 1.29 is 14.0 Å². The quantitative estimate of drug-likeness (QED) is 0.313. The highest BCUT2D eigenvalue weighted by atomic mass is 19.1. The third-order valence-electron chi connectivity index (χ3n) is 5.04. The van der Waals surface area contributed by atoms with Crippen LogP contribution in [-0.4, -0.2) is 34.9 Å². The molecule has 3 aromatic rings. The number of pyridine rings is 2. The number of rotatable bonds is 12. The molecule has 0 saturated heterocycles. The van der Waals surface area contributed by atoms with Crippen LogP contribution in [-0.2, 0) is 16.0 Å². The molecule has 0 fully saturated rings. The van der Waals surface area contributed by atoms with E-state index in [4.69, 9.17) is 11.5 Å². The molecule has 0 bridgehead atoms. The maximum atomic E-state index is 13.5. The Morgan fingerprint density at radius 1 is 1.03 bits per heavy atom. The summed E-state index contributed by atoms with van der Waals surface area (Å²) in [5, 5.41) is 6.41. The number of aromatic nitrogens is 2. The van der Waals surface area contributed by atoms with Crippen molar-refractivity contribution in [3.63, 3.8) is 0 Å². The highest BCUT2D eigenvalue weighted by Crippen LogP contribution is 2.30. The molecule has 1 unspecified atom stereocenters. The Labute approximate surface area is 191 Å². The van der Waals surface area contributed by atoms with Crippen molar-refractivity contribution in [1.82, 2.24) is 9.97 Å². The number of hydrogen-bond donors (Lipinski definition) is 4. The first-order chi connectivity index (χ1) is 15.9. The van der Waals surface area contributed by atoms with E-state index in [1.807, 2.05) is 6.07 Å². The molecule has 1 atom stereocenters. The van der Waals surface area contributed by atoms with Gasteiger partial charge in [0.1, 0.15) is 17.5 Å². The molecule has 33 heavy (non-hydrogen) atoms. The number of carbonyl (C=O) groups excluding carboxylic acids is 2. The lowest BCUT2D eigenvalue weighted by molar-refractivity contribution is -0.119. The lowest BCUT2D eigenvalue weighted by atomic mass is 9.92. The van der Waals surface area contributed by atoms with Crippen LogP contribution in [0.15, 0.2) is 60.9 Å². The normalized spacial score (nSPS) is 11.5. The van der Waals surface area contributed by atoms with E-state index >= 15 is 0 Å². The molecule has 172 valence electrons. The summed E-state index contributed by atoms with van der Waals surface area (Å²) in [5.41, 5.74) is 13.0. The fourth-order valence-corrected chi connectivity index (χ4v) is 3.48. The zero-order valence-electron chi connectivity index (χ0n) is 18.1. The monoisotopic (exact) mass is 450 g/mol. The van der Waals surface area contributed by atoms with Gasteiger partial charge in [-0.05, 0) is 48.2 Å². The molecule has 0 aliphatic heterocycles. The highest BCUT2D eigenvalue weighted by Gasteiger charge is 2.24. The van der Waals surface area contributed by atoms with Gasteiger partial charge in [0.2, 0.25) is 11.8 Å². The van der Waals surface area contributed by atoms with Crippen molar-refractivity contribution in [2.45, 2.75) is 25.2 Å². The molecule has 0 radical (unpaired) electrons. The number of halogens is 1. The zero-order valence-corrected chi connectivity index (χ0v) is 18.1. The fourth-order valence-electron chi connectivity index (χ4n) is 3.48.